The van der Waals surface area contributed by atoms with Crippen molar-refractivity contribution in [2.45, 2.75) is 57.7 Å². The van der Waals surface area contributed by atoms with Crippen LogP contribution in [0.3, 0.4) is 0 Å². The van der Waals surface area contributed by atoms with E-state index in [0.717, 1.165) is 25.2 Å². The number of piperidine rings is 1. The molecule has 0 radical (unpaired) electrons. The average Bonchev–Trinajstić information content (AvgIpc) is 2.97. The van der Waals surface area contributed by atoms with Gasteiger partial charge in [0.2, 0.25) is 0 Å². The highest BCUT2D eigenvalue weighted by atomic mass is 16.5. The summed E-state index contributed by atoms with van der Waals surface area (Å²) in [5, 5.41) is 3.54. The van der Waals surface area contributed by atoms with Crippen molar-refractivity contribution in [2.75, 3.05) is 19.6 Å². The van der Waals surface area contributed by atoms with Crippen molar-refractivity contribution in [3.8, 4) is 0 Å². The van der Waals surface area contributed by atoms with Crippen molar-refractivity contribution >= 4 is 5.97 Å². The Kier molecular flexibility index (Phi) is 5.57. The number of esters is 1. The van der Waals surface area contributed by atoms with Crippen LogP contribution in [0.1, 0.15) is 45.1 Å². The summed E-state index contributed by atoms with van der Waals surface area (Å²) in [7, 11) is 0. The number of likely N-dealkylation sites (tertiary alicyclic amines) is 1. The van der Waals surface area contributed by atoms with Crippen LogP contribution in [0.25, 0.3) is 0 Å². The molecule has 2 atom stereocenters. The Morgan fingerprint density at radius 1 is 1.25 bits per heavy atom. The largest absolute Gasteiger partial charge is 0.460 e. The molecule has 0 aromatic heterocycles. The first-order chi connectivity index (χ1) is 11.6. The van der Waals surface area contributed by atoms with E-state index in [1.54, 1.807) is 0 Å². The van der Waals surface area contributed by atoms with E-state index in [9.17, 15) is 4.79 Å². The number of hydrogen-bond acceptors (Lipinski definition) is 4. The lowest BCUT2D eigenvalue weighted by atomic mass is 9.85. The Morgan fingerprint density at radius 3 is 2.67 bits per heavy atom. The summed E-state index contributed by atoms with van der Waals surface area (Å²) in [4.78, 5) is 15.3. The van der Waals surface area contributed by atoms with E-state index in [-0.39, 0.29) is 23.5 Å². The van der Waals surface area contributed by atoms with Crippen molar-refractivity contribution in [3.05, 3.63) is 35.9 Å². The minimum absolute atomic E-state index is 0.0688. The molecule has 2 heterocycles. The lowest BCUT2D eigenvalue weighted by Crippen LogP contribution is -2.60. The molecule has 0 aliphatic carbocycles. The van der Waals surface area contributed by atoms with Crippen LogP contribution >= 0.6 is 0 Å². The molecule has 4 nitrogen and oxygen atoms in total. The van der Waals surface area contributed by atoms with Crippen LogP contribution < -0.4 is 5.32 Å². The number of nitrogens with zero attached hydrogens (tertiary/aromatic N) is 1. The van der Waals surface area contributed by atoms with Gasteiger partial charge in [0, 0.05) is 12.1 Å². The molecular weight excluding hydrogens is 300 g/mol. The van der Waals surface area contributed by atoms with Crippen molar-refractivity contribution < 1.29 is 9.53 Å². The fourth-order valence-corrected chi connectivity index (χ4v) is 4.38. The first kappa shape index (κ1) is 17.4. The molecule has 0 unspecified atom stereocenters. The zero-order chi connectivity index (χ0) is 17.0. The van der Waals surface area contributed by atoms with Gasteiger partial charge in [-0.25, -0.2) is 0 Å². The molecule has 0 bridgehead atoms. The smallest absolute Gasteiger partial charge is 0.323 e. The molecule has 1 aromatic carbocycles. The Labute approximate surface area is 145 Å². The summed E-state index contributed by atoms with van der Waals surface area (Å²) in [5.41, 5.74) is 1.20. The van der Waals surface area contributed by atoms with Crippen LogP contribution in [0.15, 0.2) is 30.3 Å². The third kappa shape index (κ3) is 3.65. The maximum atomic E-state index is 12.9. The van der Waals surface area contributed by atoms with Gasteiger partial charge in [-0.05, 0) is 50.3 Å². The molecule has 2 aliphatic heterocycles. The van der Waals surface area contributed by atoms with Crippen molar-refractivity contribution in [3.63, 3.8) is 0 Å². The van der Waals surface area contributed by atoms with E-state index < -0.39 is 0 Å². The zero-order valence-corrected chi connectivity index (χ0v) is 15.0. The van der Waals surface area contributed by atoms with Crippen LogP contribution in [-0.4, -0.2) is 42.1 Å². The number of ether oxygens (including phenoxy) is 1. The molecule has 2 fully saturated rings. The number of nitrogens with one attached hydrogen (secondary N) is 1. The highest BCUT2D eigenvalue weighted by Crippen LogP contribution is 2.38. The van der Waals surface area contributed by atoms with E-state index in [2.05, 4.69) is 24.1 Å². The van der Waals surface area contributed by atoms with E-state index in [1.165, 1.54) is 25.7 Å². The van der Waals surface area contributed by atoms with E-state index >= 15 is 0 Å². The molecule has 0 amide bonds. The molecule has 0 saturated carbocycles. The molecule has 1 aromatic rings. The Morgan fingerprint density at radius 2 is 2.00 bits per heavy atom. The standard InChI is InChI=1S/C20H30N2O2/c1-16(2)18(19(23)24-14-17-8-4-3-5-9-17)22-13-7-11-20(22)10-6-12-21-15-20/h3-5,8-9,16,18,21H,6-7,10-15H2,1-2H3/t18-,20-/m0/s1. The van der Waals surface area contributed by atoms with Crippen molar-refractivity contribution in [1.29, 1.82) is 0 Å². The van der Waals surface area contributed by atoms with Gasteiger partial charge in [-0.3, -0.25) is 9.69 Å². The molecule has 1 spiro atoms. The number of benzene rings is 1. The van der Waals surface area contributed by atoms with Crippen molar-refractivity contribution in [1.82, 2.24) is 10.2 Å². The molecule has 3 rings (SSSR count). The highest BCUT2D eigenvalue weighted by molar-refractivity contribution is 5.76. The van der Waals surface area contributed by atoms with Gasteiger partial charge >= 0.3 is 5.97 Å². The fourth-order valence-electron chi connectivity index (χ4n) is 4.38. The number of carbonyl (C=O) groups excluding carboxylic acids is 1. The van der Waals surface area contributed by atoms with Crippen LogP contribution in [0, 0.1) is 5.92 Å². The SMILES string of the molecule is CC(C)[C@@H](C(=O)OCc1ccccc1)N1CCC[C@]12CCCNC2. The van der Waals surface area contributed by atoms with Gasteiger partial charge in [-0.2, -0.15) is 0 Å². The van der Waals surface area contributed by atoms with Crippen LogP contribution in [0.5, 0.6) is 0 Å². The van der Waals surface area contributed by atoms with Crippen LogP contribution in [-0.2, 0) is 16.1 Å². The average molecular weight is 330 g/mol. The predicted molar refractivity (Wildman–Crippen MR) is 95.6 cm³/mol. The lowest BCUT2D eigenvalue weighted by molar-refractivity contribution is -0.156. The van der Waals surface area contributed by atoms with Gasteiger partial charge in [-0.15, -0.1) is 0 Å². The van der Waals surface area contributed by atoms with E-state index in [1.807, 2.05) is 30.3 Å². The number of hydrogen-bond donors (Lipinski definition) is 1. The van der Waals surface area contributed by atoms with Crippen LogP contribution in [0.4, 0.5) is 0 Å². The fraction of sp³-hybridized carbons (Fsp3) is 0.650. The second kappa shape index (κ2) is 7.66. The summed E-state index contributed by atoms with van der Waals surface area (Å²) in [6, 6.07) is 9.79. The first-order valence-electron chi connectivity index (χ1n) is 9.30. The molecular formula is C20H30N2O2. The second-order valence-electron chi connectivity index (χ2n) is 7.58. The third-order valence-corrected chi connectivity index (χ3v) is 5.53. The zero-order valence-electron chi connectivity index (χ0n) is 15.0. The quantitative estimate of drug-likeness (QED) is 0.843. The van der Waals surface area contributed by atoms with E-state index in [0.29, 0.717) is 6.61 Å². The van der Waals surface area contributed by atoms with Gasteiger partial charge in [0.15, 0.2) is 0 Å². The minimum atomic E-state index is -0.142. The summed E-state index contributed by atoms with van der Waals surface area (Å²) < 4.78 is 5.70. The molecule has 132 valence electrons. The summed E-state index contributed by atoms with van der Waals surface area (Å²) >= 11 is 0. The Hall–Kier alpha value is -1.39. The van der Waals surface area contributed by atoms with Crippen molar-refractivity contribution in [2.24, 2.45) is 5.92 Å². The van der Waals surface area contributed by atoms with Gasteiger partial charge in [0.1, 0.15) is 12.6 Å². The predicted octanol–water partition coefficient (Wildman–Crippen LogP) is 2.97. The van der Waals surface area contributed by atoms with Gasteiger partial charge < -0.3 is 10.1 Å². The van der Waals surface area contributed by atoms with Gasteiger partial charge in [0.05, 0.1) is 0 Å². The molecule has 4 heteroatoms. The maximum absolute atomic E-state index is 12.9. The summed E-state index contributed by atoms with van der Waals surface area (Å²) in [5.74, 6) is 0.186. The third-order valence-electron chi connectivity index (χ3n) is 5.53. The van der Waals surface area contributed by atoms with Crippen LogP contribution in [0.2, 0.25) is 0 Å². The van der Waals surface area contributed by atoms with Gasteiger partial charge in [0.25, 0.3) is 0 Å². The molecule has 24 heavy (non-hydrogen) atoms. The lowest BCUT2D eigenvalue weighted by Gasteiger charge is -2.46. The Bertz CT molecular complexity index is 538. The molecule has 1 N–H and O–H groups in total. The van der Waals surface area contributed by atoms with E-state index in [4.69, 9.17) is 4.74 Å². The normalized spacial score (nSPS) is 26.0. The molecule has 2 aliphatic rings. The summed E-state index contributed by atoms with van der Waals surface area (Å²) in [6.07, 6.45) is 4.75. The monoisotopic (exact) mass is 330 g/mol. The van der Waals surface area contributed by atoms with Gasteiger partial charge in [-0.1, -0.05) is 44.2 Å². The highest BCUT2D eigenvalue weighted by Gasteiger charge is 2.47. The maximum Gasteiger partial charge on any atom is 0.323 e. The Balaban J connectivity index is 1.70. The number of rotatable bonds is 5. The number of carbonyl (C=O) groups is 1. The topological polar surface area (TPSA) is 41.6 Å². The molecule has 2 saturated heterocycles. The summed E-state index contributed by atoms with van der Waals surface area (Å²) in [6.45, 7) is 7.74. The first-order valence-corrected chi connectivity index (χ1v) is 9.30. The second-order valence-corrected chi connectivity index (χ2v) is 7.58. The minimum Gasteiger partial charge on any atom is -0.460 e.